The third kappa shape index (κ3) is 6.11. The Morgan fingerprint density at radius 3 is 2.58 bits per heavy atom. The molecule has 2 heterocycles. The molecular formula is C29H26N6O6S2. The molecule has 6 rings (SSSR count). The van der Waals surface area contributed by atoms with Crippen molar-refractivity contribution in [3.8, 4) is 5.75 Å². The van der Waals surface area contributed by atoms with Crippen LogP contribution in [0.15, 0.2) is 85.2 Å². The van der Waals surface area contributed by atoms with Gasteiger partial charge in [-0.2, -0.15) is 10.1 Å². The Morgan fingerprint density at radius 2 is 1.86 bits per heavy atom. The number of ether oxygens (including phenoxy) is 1. The molecule has 0 radical (unpaired) electrons. The zero-order valence-corrected chi connectivity index (χ0v) is 24.5. The van der Waals surface area contributed by atoms with E-state index >= 15 is 0 Å². The van der Waals surface area contributed by atoms with E-state index in [4.69, 9.17) is 9.72 Å². The number of carbonyl (C=O) groups excluding carboxylic acids is 1. The number of hydrogen-bond acceptors (Lipinski definition) is 9. The average molecular weight is 619 g/mol. The summed E-state index contributed by atoms with van der Waals surface area (Å²) < 4.78 is 53.1. The largest absolute Gasteiger partial charge is 0.423 e. The van der Waals surface area contributed by atoms with E-state index < -0.39 is 32.9 Å². The predicted molar refractivity (Wildman–Crippen MR) is 162 cm³/mol. The van der Waals surface area contributed by atoms with Crippen LogP contribution in [0.4, 0.5) is 17.3 Å². The van der Waals surface area contributed by atoms with Crippen molar-refractivity contribution in [2.24, 2.45) is 0 Å². The van der Waals surface area contributed by atoms with Gasteiger partial charge in [-0.25, -0.2) is 27.1 Å². The molecule has 3 aromatic carbocycles. The summed E-state index contributed by atoms with van der Waals surface area (Å²) in [6.07, 6.45) is 5.81. The first-order valence-electron chi connectivity index (χ1n) is 13.2. The van der Waals surface area contributed by atoms with Crippen molar-refractivity contribution in [2.45, 2.75) is 18.9 Å². The predicted octanol–water partition coefficient (Wildman–Crippen LogP) is 4.27. The van der Waals surface area contributed by atoms with Gasteiger partial charge in [0, 0.05) is 23.7 Å². The minimum Gasteiger partial charge on any atom is -0.423 e. The van der Waals surface area contributed by atoms with Crippen LogP contribution in [-0.2, 0) is 27.5 Å². The van der Waals surface area contributed by atoms with Gasteiger partial charge < -0.3 is 10.1 Å². The minimum atomic E-state index is -3.53. The Balaban J connectivity index is 1.23. The fourth-order valence-electron chi connectivity index (χ4n) is 5.07. The second kappa shape index (κ2) is 11.6. The molecule has 2 atom stereocenters. The molecule has 1 aliphatic carbocycles. The van der Waals surface area contributed by atoms with Crippen molar-refractivity contribution in [2.75, 3.05) is 21.8 Å². The second-order valence-electron chi connectivity index (χ2n) is 10.0. The van der Waals surface area contributed by atoms with Gasteiger partial charge in [0.2, 0.25) is 5.95 Å². The molecule has 14 heteroatoms. The first kappa shape index (κ1) is 28.5. The zero-order chi connectivity index (χ0) is 30.1. The average Bonchev–Trinajstić information content (AvgIpc) is 3.61. The quantitative estimate of drug-likeness (QED) is 0.139. The van der Waals surface area contributed by atoms with E-state index in [1.165, 1.54) is 12.1 Å². The van der Waals surface area contributed by atoms with Crippen molar-refractivity contribution in [3.05, 3.63) is 102 Å². The number of nitrogens with one attached hydrogen (secondary N) is 1. The van der Waals surface area contributed by atoms with Crippen molar-refractivity contribution >= 4 is 55.4 Å². The highest BCUT2D eigenvalue weighted by molar-refractivity contribution is 7.92. The minimum absolute atomic E-state index is 0.120. The van der Waals surface area contributed by atoms with Gasteiger partial charge in [0.15, 0.2) is 15.5 Å². The van der Waals surface area contributed by atoms with Gasteiger partial charge in [-0.15, -0.1) is 0 Å². The summed E-state index contributed by atoms with van der Waals surface area (Å²) in [4.78, 5) is 21.8. The summed E-state index contributed by atoms with van der Waals surface area (Å²) in [7, 11) is -3.53. The van der Waals surface area contributed by atoms with E-state index in [9.17, 15) is 22.0 Å². The molecular weight excluding hydrogens is 592 g/mol. The van der Waals surface area contributed by atoms with Gasteiger partial charge in [-0.1, -0.05) is 30.3 Å². The number of benzene rings is 3. The van der Waals surface area contributed by atoms with Crippen LogP contribution in [0, 0.1) is 0 Å². The summed E-state index contributed by atoms with van der Waals surface area (Å²) in [5.41, 5.74) is 3.92. The molecule has 43 heavy (non-hydrogen) atoms. The van der Waals surface area contributed by atoms with E-state index in [-0.39, 0.29) is 11.7 Å². The number of esters is 1. The normalized spacial score (nSPS) is 15.2. The van der Waals surface area contributed by atoms with Crippen LogP contribution in [0.3, 0.4) is 0 Å². The number of anilines is 3. The van der Waals surface area contributed by atoms with Gasteiger partial charge in [0.05, 0.1) is 28.9 Å². The van der Waals surface area contributed by atoms with Gasteiger partial charge in [0.1, 0.15) is 11.6 Å². The smallest absolute Gasteiger partial charge is 0.343 e. The fourth-order valence-corrected chi connectivity index (χ4v) is 6.88. The maximum atomic E-state index is 12.7. The Hall–Kier alpha value is -4.66. The topological polar surface area (TPSA) is 157 Å². The third-order valence-electron chi connectivity index (χ3n) is 6.99. The lowest BCUT2D eigenvalue weighted by Crippen LogP contribution is -2.30. The number of hydrogen-bond donors (Lipinski definition) is 2. The number of sulfone groups is 1. The monoisotopic (exact) mass is 618 g/mol. The molecule has 5 aromatic rings. The first-order chi connectivity index (χ1) is 20.7. The van der Waals surface area contributed by atoms with Crippen molar-refractivity contribution in [1.29, 1.82) is 0 Å². The lowest BCUT2D eigenvalue weighted by molar-refractivity contribution is 0.0733. The number of rotatable bonds is 9. The molecule has 0 fully saturated rings. The maximum absolute atomic E-state index is 12.7. The standard InChI is InChI=1S/C29H26N6O6S2/c1-43(39,40)18-34(42(37)38)22-12-10-21(11-13-22)32-29-30-16-20-17-31-35(27(20)33-29)25-15-14-24-23(25)8-5-9-26(24)41-28(36)19-6-3-2-4-7-19/h2-13,16-17,25H,14-15,18H2,1H3,(H,37,38)(H,30,32,33). The van der Waals surface area contributed by atoms with Gasteiger partial charge >= 0.3 is 5.97 Å². The van der Waals surface area contributed by atoms with Crippen LogP contribution in [0.1, 0.15) is 33.9 Å². The van der Waals surface area contributed by atoms with Gasteiger partial charge in [0.25, 0.3) is 11.3 Å². The van der Waals surface area contributed by atoms with Crippen LogP contribution in [0.5, 0.6) is 5.75 Å². The molecule has 0 amide bonds. The van der Waals surface area contributed by atoms with E-state index in [1.807, 2.05) is 22.9 Å². The number of fused-ring (bicyclic) bond motifs is 2. The van der Waals surface area contributed by atoms with E-state index in [0.717, 1.165) is 33.5 Å². The molecule has 0 spiro atoms. The molecule has 12 nitrogen and oxygen atoms in total. The van der Waals surface area contributed by atoms with E-state index in [0.29, 0.717) is 35.0 Å². The van der Waals surface area contributed by atoms with Crippen molar-refractivity contribution in [1.82, 2.24) is 19.7 Å². The van der Waals surface area contributed by atoms with Crippen LogP contribution in [0.2, 0.25) is 0 Å². The number of carbonyl (C=O) groups is 1. The Kier molecular flexibility index (Phi) is 7.64. The summed E-state index contributed by atoms with van der Waals surface area (Å²) in [5.74, 6) is -0.171. The molecule has 220 valence electrons. The summed E-state index contributed by atoms with van der Waals surface area (Å²) in [5, 5.41) is 8.48. The van der Waals surface area contributed by atoms with Crippen LogP contribution >= 0.6 is 0 Å². The Morgan fingerprint density at radius 1 is 1.09 bits per heavy atom. The molecule has 1 aliphatic rings. The van der Waals surface area contributed by atoms with Crippen LogP contribution in [0.25, 0.3) is 11.0 Å². The van der Waals surface area contributed by atoms with Gasteiger partial charge in [-0.05, 0) is 60.9 Å². The summed E-state index contributed by atoms with van der Waals surface area (Å²) in [6.45, 7) is 0. The van der Waals surface area contributed by atoms with E-state index in [2.05, 4.69) is 15.4 Å². The molecule has 0 saturated heterocycles. The Labute approximate surface area is 249 Å². The first-order valence-corrected chi connectivity index (χ1v) is 16.3. The molecule has 0 saturated carbocycles. The molecule has 2 N–H and O–H groups in total. The highest BCUT2D eigenvalue weighted by atomic mass is 32.2. The fraction of sp³-hybridized carbons (Fsp3) is 0.172. The second-order valence-corrected chi connectivity index (χ2v) is 13.0. The highest BCUT2D eigenvalue weighted by Gasteiger charge is 2.29. The van der Waals surface area contributed by atoms with Crippen molar-refractivity contribution < 1.29 is 26.7 Å². The lowest BCUT2D eigenvalue weighted by atomic mass is 10.1. The summed E-state index contributed by atoms with van der Waals surface area (Å²) >= 11 is -2.52. The maximum Gasteiger partial charge on any atom is 0.343 e. The molecule has 2 unspecified atom stereocenters. The van der Waals surface area contributed by atoms with Crippen LogP contribution in [-0.4, -0.2) is 55.0 Å². The number of nitrogens with zero attached hydrogens (tertiary/aromatic N) is 5. The van der Waals surface area contributed by atoms with Gasteiger partial charge in [-0.3, -0.25) is 8.86 Å². The summed E-state index contributed by atoms with van der Waals surface area (Å²) in [6, 6.07) is 20.7. The SMILES string of the molecule is CS(=O)(=O)CN(c1ccc(Nc2ncc3cnn(C4CCc5c(OC(=O)c6ccccc6)cccc54)c3n2)cc1)S(=O)O. The lowest BCUT2D eigenvalue weighted by Gasteiger charge is -2.19. The third-order valence-corrected chi connectivity index (χ3v) is 8.60. The number of aromatic nitrogens is 4. The van der Waals surface area contributed by atoms with E-state index in [1.54, 1.807) is 54.9 Å². The molecule has 2 aromatic heterocycles. The highest BCUT2D eigenvalue weighted by Crippen LogP contribution is 2.40. The molecule has 0 bridgehead atoms. The van der Waals surface area contributed by atoms with Crippen LogP contribution < -0.4 is 14.4 Å². The molecule has 0 aliphatic heterocycles. The zero-order valence-electron chi connectivity index (χ0n) is 22.8. The Bertz CT molecular complexity index is 1950. The van der Waals surface area contributed by atoms with Crippen molar-refractivity contribution in [3.63, 3.8) is 0 Å².